The van der Waals surface area contributed by atoms with Crippen molar-refractivity contribution in [3.63, 3.8) is 0 Å². The molecule has 0 bridgehead atoms. The Balaban J connectivity index is 1.67. The van der Waals surface area contributed by atoms with E-state index in [-0.39, 0.29) is 30.6 Å². The molecule has 1 N–H and O–H groups in total. The summed E-state index contributed by atoms with van der Waals surface area (Å²) in [5, 5.41) is 3.01. The van der Waals surface area contributed by atoms with Gasteiger partial charge in [-0.1, -0.05) is 32.1 Å². The Kier molecular flexibility index (Phi) is 7.82. The van der Waals surface area contributed by atoms with Gasteiger partial charge in [-0.05, 0) is 19.8 Å². The molecule has 1 amide bonds. The van der Waals surface area contributed by atoms with E-state index in [1.807, 2.05) is 11.8 Å². The first-order chi connectivity index (χ1) is 11.2. The SMILES string of the molecule is C[C@H](C(=O)OCC(=O)NC1CCCCCCC1)N1CCOCC1. The average Bonchev–Trinajstić information content (AvgIpc) is 2.55. The summed E-state index contributed by atoms with van der Waals surface area (Å²) >= 11 is 0. The molecule has 0 aromatic heterocycles. The van der Waals surface area contributed by atoms with Crippen molar-refractivity contribution in [3.05, 3.63) is 0 Å². The van der Waals surface area contributed by atoms with Crippen LogP contribution in [0.3, 0.4) is 0 Å². The normalized spacial score (nSPS) is 22.7. The van der Waals surface area contributed by atoms with Crippen molar-refractivity contribution in [3.8, 4) is 0 Å². The van der Waals surface area contributed by atoms with Crippen LogP contribution in [0, 0.1) is 0 Å². The molecule has 0 radical (unpaired) electrons. The summed E-state index contributed by atoms with van der Waals surface area (Å²) in [4.78, 5) is 26.1. The average molecular weight is 326 g/mol. The molecule has 6 heteroatoms. The van der Waals surface area contributed by atoms with Crippen molar-refractivity contribution in [2.45, 2.75) is 64.0 Å². The highest BCUT2D eigenvalue weighted by Crippen LogP contribution is 2.17. The van der Waals surface area contributed by atoms with Crippen molar-refractivity contribution in [2.24, 2.45) is 0 Å². The van der Waals surface area contributed by atoms with Crippen LogP contribution in [-0.2, 0) is 19.1 Å². The second-order valence-corrected chi connectivity index (χ2v) is 6.54. The number of rotatable bonds is 5. The zero-order valence-corrected chi connectivity index (χ0v) is 14.2. The third-order valence-electron chi connectivity index (χ3n) is 4.75. The quantitative estimate of drug-likeness (QED) is 0.775. The van der Waals surface area contributed by atoms with Gasteiger partial charge >= 0.3 is 5.97 Å². The van der Waals surface area contributed by atoms with Crippen molar-refractivity contribution < 1.29 is 19.1 Å². The minimum Gasteiger partial charge on any atom is -0.454 e. The number of hydrogen-bond acceptors (Lipinski definition) is 5. The summed E-state index contributed by atoms with van der Waals surface area (Å²) < 4.78 is 10.5. The highest BCUT2D eigenvalue weighted by Gasteiger charge is 2.25. The summed E-state index contributed by atoms with van der Waals surface area (Å²) in [6.07, 6.45) is 8.19. The van der Waals surface area contributed by atoms with Gasteiger partial charge in [0.2, 0.25) is 0 Å². The van der Waals surface area contributed by atoms with Crippen LogP contribution in [0.1, 0.15) is 51.9 Å². The monoisotopic (exact) mass is 326 g/mol. The van der Waals surface area contributed by atoms with Gasteiger partial charge in [-0.3, -0.25) is 14.5 Å². The molecule has 6 nitrogen and oxygen atoms in total. The zero-order chi connectivity index (χ0) is 16.5. The lowest BCUT2D eigenvalue weighted by molar-refractivity contribution is -0.154. The van der Waals surface area contributed by atoms with Gasteiger partial charge in [-0.15, -0.1) is 0 Å². The van der Waals surface area contributed by atoms with Gasteiger partial charge in [0.1, 0.15) is 6.04 Å². The summed E-state index contributed by atoms with van der Waals surface area (Å²) in [7, 11) is 0. The molecule has 1 heterocycles. The van der Waals surface area contributed by atoms with E-state index in [9.17, 15) is 9.59 Å². The standard InChI is InChI=1S/C17H30N2O4/c1-14(19-9-11-22-12-10-19)17(21)23-13-16(20)18-15-7-5-3-2-4-6-8-15/h14-15H,2-13H2,1H3,(H,18,20)/t14-/m1/s1. The maximum atomic E-state index is 12.1. The van der Waals surface area contributed by atoms with Crippen LogP contribution in [0.15, 0.2) is 0 Å². The maximum Gasteiger partial charge on any atom is 0.323 e. The first kappa shape index (κ1) is 18.2. The van der Waals surface area contributed by atoms with E-state index in [2.05, 4.69) is 5.32 Å². The Labute approximate surface area is 138 Å². The van der Waals surface area contributed by atoms with Crippen molar-refractivity contribution >= 4 is 11.9 Å². The lowest BCUT2D eigenvalue weighted by atomic mass is 9.97. The Bertz CT molecular complexity index is 375. The first-order valence-corrected chi connectivity index (χ1v) is 8.94. The van der Waals surface area contributed by atoms with E-state index in [0.29, 0.717) is 13.2 Å². The van der Waals surface area contributed by atoms with Gasteiger partial charge in [0.15, 0.2) is 6.61 Å². The summed E-state index contributed by atoms with van der Waals surface area (Å²) in [6.45, 7) is 4.37. The van der Waals surface area contributed by atoms with E-state index in [4.69, 9.17) is 9.47 Å². The fourth-order valence-electron chi connectivity index (χ4n) is 3.24. The molecule has 2 rings (SSSR count). The maximum absolute atomic E-state index is 12.1. The first-order valence-electron chi connectivity index (χ1n) is 8.94. The van der Waals surface area contributed by atoms with Crippen LogP contribution in [-0.4, -0.2) is 61.8 Å². The summed E-state index contributed by atoms with van der Waals surface area (Å²) in [6, 6.07) is -0.0914. The van der Waals surface area contributed by atoms with Crippen LogP contribution >= 0.6 is 0 Å². The molecule has 2 fully saturated rings. The molecule has 1 saturated heterocycles. The molecule has 1 aliphatic carbocycles. The van der Waals surface area contributed by atoms with E-state index in [0.717, 1.165) is 25.9 Å². The molecule has 0 spiro atoms. The lowest BCUT2D eigenvalue weighted by Crippen LogP contribution is -2.47. The molecule has 2 aliphatic rings. The number of hydrogen-bond donors (Lipinski definition) is 1. The fourth-order valence-corrected chi connectivity index (χ4v) is 3.24. The van der Waals surface area contributed by atoms with Gasteiger partial charge < -0.3 is 14.8 Å². The molecule has 1 saturated carbocycles. The van der Waals surface area contributed by atoms with E-state index in [1.165, 1.54) is 32.1 Å². The van der Waals surface area contributed by atoms with Crippen molar-refractivity contribution in [2.75, 3.05) is 32.9 Å². The summed E-state index contributed by atoms with van der Waals surface area (Å²) in [5.74, 6) is -0.516. The third-order valence-corrected chi connectivity index (χ3v) is 4.75. The minimum atomic E-state index is -0.334. The van der Waals surface area contributed by atoms with Gasteiger partial charge in [-0.25, -0.2) is 0 Å². The summed E-state index contributed by atoms with van der Waals surface area (Å²) in [5.41, 5.74) is 0. The van der Waals surface area contributed by atoms with E-state index >= 15 is 0 Å². The second-order valence-electron chi connectivity index (χ2n) is 6.54. The van der Waals surface area contributed by atoms with E-state index in [1.54, 1.807) is 0 Å². The molecule has 23 heavy (non-hydrogen) atoms. The zero-order valence-electron chi connectivity index (χ0n) is 14.2. The number of esters is 1. The van der Waals surface area contributed by atoms with Gasteiger partial charge in [-0.2, -0.15) is 0 Å². The lowest BCUT2D eigenvalue weighted by Gasteiger charge is -2.30. The Morgan fingerprint density at radius 1 is 1.13 bits per heavy atom. The Morgan fingerprint density at radius 3 is 2.39 bits per heavy atom. The molecular weight excluding hydrogens is 296 g/mol. The van der Waals surface area contributed by atoms with Gasteiger partial charge in [0.05, 0.1) is 13.2 Å². The van der Waals surface area contributed by atoms with Crippen molar-refractivity contribution in [1.82, 2.24) is 10.2 Å². The van der Waals surface area contributed by atoms with Crippen LogP contribution in [0.25, 0.3) is 0 Å². The van der Waals surface area contributed by atoms with Crippen LogP contribution in [0.2, 0.25) is 0 Å². The van der Waals surface area contributed by atoms with Crippen LogP contribution in [0.4, 0.5) is 0 Å². The molecule has 0 aromatic rings. The largest absolute Gasteiger partial charge is 0.454 e. The third kappa shape index (κ3) is 6.47. The highest BCUT2D eigenvalue weighted by atomic mass is 16.5. The Morgan fingerprint density at radius 2 is 1.74 bits per heavy atom. The molecule has 0 aromatic carbocycles. The van der Waals surface area contributed by atoms with Crippen molar-refractivity contribution in [1.29, 1.82) is 0 Å². The Hall–Kier alpha value is -1.14. The van der Waals surface area contributed by atoms with Crippen LogP contribution in [0.5, 0.6) is 0 Å². The highest BCUT2D eigenvalue weighted by molar-refractivity contribution is 5.82. The number of nitrogens with one attached hydrogen (secondary N) is 1. The molecule has 1 atom stereocenters. The van der Waals surface area contributed by atoms with Gasteiger partial charge in [0.25, 0.3) is 5.91 Å². The van der Waals surface area contributed by atoms with E-state index < -0.39 is 0 Å². The minimum absolute atomic E-state index is 0.177. The van der Waals surface area contributed by atoms with Gasteiger partial charge in [0, 0.05) is 19.1 Å². The smallest absolute Gasteiger partial charge is 0.323 e. The number of morpholine rings is 1. The number of carbonyl (C=O) groups is 2. The number of ether oxygens (including phenoxy) is 2. The molecule has 0 unspecified atom stereocenters. The molecule has 1 aliphatic heterocycles. The molecular formula is C17H30N2O4. The molecule has 132 valence electrons. The fraction of sp³-hybridized carbons (Fsp3) is 0.882. The number of amides is 1. The van der Waals surface area contributed by atoms with Crippen LogP contribution < -0.4 is 5.32 Å². The number of nitrogens with zero attached hydrogens (tertiary/aromatic N) is 1. The number of carbonyl (C=O) groups excluding carboxylic acids is 2. The second kappa shape index (κ2) is 9.88. The topological polar surface area (TPSA) is 67.9 Å². The predicted molar refractivity (Wildman–Crippen MR) is 87.1 cm³/mol. The predicted octanol–water partition coefficient (Wildman–Crippen LogP) is 1.48.